The molecule has 2 rings (SSSR count). The Kier molecular flexibility index (Phi) is 3.23. The number of ketones is 1. The lowest BCUT2D eigenvalue weighted by atomic mass is 9.70. The minimum absolute atomic E-state index is 0.00802. The first-order valence-electron chi connectivity index (χ1n) is 6.30. The molecule has 2 unspecified atom stereocenters. The zero-order valence-corrected chi connectivity index (χ0v) is 11.3. The third-order valence-corrected chi connectivity index (χ3v) is 4.04. The summed E-state index contributed by atoms with van der Waals surface area (Å²) in [6.07, 6.45) is 7.60. The molecule has 1 aliphatic rings. The lowest BCUT2D eigenvalue weighted by Gasteiger charge is -2.31. The van der Waals surface area contributed by atoms with Gasteiger partial charge in [-0.1, -0.05) is 31.2 Å². The fraction of sp³-hybridized carbons (Fsp3) is 0.312. The van der Waals surface area contributed by atoms with Gasteiger partial charge < -0.3 is 10.2 Å². The minimum Gasteiger partial charge on any atom is -0.508 e. The van der Waals surface area contributed by atoms with Crippen molar-refractivity contribution in [3.8, 4) is 11.5 Å². The van der Waals surface area contributed by atoms with Gasteiger partial charge in [-0.2, -0.15) is 0 Å². The van der Waals surface area contributed by atoms with Crippen LogP contribution in [0.25, 0.3) is 0 Å². The molecule has 0 radical (unpaired) electrons. The van der Waals surface area contributed by atoms with Crippen molar-refractivity contribution < 1.29 is 15.0 Å². The minimum atomic E-state index is -0.671. The zero-order valence-electron chi connectivity index (χ0n) is 11.3. The van der Waals surface area contributed by atoms with E-state index in [4.69, 9.17) is 0 Å². The number of allylic oxidation sites excluding steroid dienone is 4. The van der Waals surface area contributed by atoms with Gasteiger partial charge in [0.05, 0.1) is 11.0 Å². The Balaban J connectivity index is 2.49. The Hall–Kier alpha value is -2.03. The molecule has 0 fully saturated rings. The molecule has 2 N–H and O–H groups in total. The molecule has 19 heavy (non-hydrogen) atoms. The molecule has 0 bridgehead atoms. The summed E-state index contributed by atoms with van der Waals surface area (Å²) in [4.78, 5) is 12.7. The Morgan fingerprint density at radius 2 is 1.95 bits per heavy atom. The topological polar surface area (TPSA) is 57.5 Å². The van der Waals surface area contributed by atoms with Crippen LogP contribution in [0.15, 0.2) is 36.4 Å². The number of phenols is 2. The highest BCUT2D eigenvalue weighted by Gasteiger charge is 2.38. The molecule has 0 heterocycles. The van der Waals surface area contributed by atoms with Crippen LogP contribution in [0.4, 0.5) is 0 Å². The van der Waals surface area contributed by atoms with Crippen molar-refractivity contribution in [3.63, 3.8) is 0 Å². The van der Waals surface area contributed by atoms with Gasteiger partial charge in [0.2, 0.25) is 0 Å². The summed E-state index contributed by atoms with van der Waals surface area (Å²) >= 11 is 0. The van der Waals surface area contributed by atoms with E-state index in [9.17, 15) is 15.0 Å². The number of phenolic OH excluding ortho intramolecular Hbond substituents is 2. The predicted octanol–water partition coefficient (Wildman–Crippen LogP) is 3.36. The molecule has 0 amide bonds. The van der Waals surface area contributed by atoms with Gasteiger partial charge in [-0.25, -0.2) is 0 Å². The highest BCUT2D eigenvalue weighted by Crippen LogP contribution is 2.40. The van der Waals surface area contributed by atoms with E-state index in [1.54, 1.807) is 6.92 Å². The van der Waals surface area contributed by atoms with E-state index < -0.39 is 5.41 Å². The van der Waals surface area contributed by atoms with Crippen LogP contribution >= 0.6 is 0 Å². The van der Waals surface area contributed by atoms with E-state index in [1.807, 2.05) is 38.2 Å². The van der Waals surface area contributed by atoms with E-state index in [1.165, 1.54) is 12.1 Å². The Morgan fingerprint density at radius 3 is 2.58 bits per heavy atom. The number of benzene rings is 1. The van der Waals surface area contributed by atoms with Gasteiger partial charge >= 0.3 is 0 Å². The van der Waals surface area contributed by atoms with Crippen LogP contribution in [0.5, 0.6) is 11.5 Å². The quantitative estimate of drug-likeness (QED) is 0.800. The fourth-order valence-corrected chi connectivity index (χ4v) is 2.28. The Bertz CT molecular complexity index is 584. The summed E-state index contributed by atoms with van der Waals surface area (Å²) in [6, 6.07) is 2.92. The first-order valence-corrected chi connectivity index (χ1v) is 6.30. The second-order valence-electron chi connectivity index (χ2n) is 5.25. The van der Waals surface area contributed by atoms with Crippen LogP contribution in [0, 0.1) is 18.3 Å². The third kappa shape index (κ3) is 2.05. The summed E-state index contributed by atoms with van der Waals surface area (Å²) in [5.41, 5.74) is -0.0858. The highest BCUT2D eigenvalue weighted by atomic mass is 16.3. The first kappa shape index (κ1) is 13.4. The third-order valence-electron chi connectivity index (χ3n) is 4.04. The van der Waals surface area contributed by atoms with Gasteiger partial charge in [-0.15, -0.1) is 0 Å². The molecule has 100 valence electrons. The molecule has 2 atom stereocenters. The molecule has 0 aliphatic heterocycles. The van der Waals surface area contributed by atoms with E-state index in [0.29, 0.717) is 5.56 Å². The van der Waals surface area contributed by atoms with Crippen molar-refractivity contribution in [2.24, 2.45) is 11.3 Å². The number of aromatic hydroxyl groups is 2. The molecule has 1 aromatic carbocycles. The van der Waals surface area contributed by atoms with Crippen molar-refractivity contribution in [3.05, 3.63) is 47.6 Å². The summed E-state index contributed by atoms with van der Waals surface area (Å²) < 4.78 is 0. The number of carbonyl (C=O) groups is 1. The average molecular weight is 258 g/mol. The number of hydrogen-bond acceptors (Lipinski definition) is 3. The lowest BCUT2D eigenvalue weighted by Crippen LogP contribution is -2.33. The number of carbonyl (C=O) groups excluding carboxylic acids is 1. The van der Waals surface area contributed by atoms with Crippen molar-refractivity contribution >= 4 is 5.78 Å². The van der Waals surface area contributed by atoms with Crippen molar-refractivity contribution in [1.29, 1.82) is 0 Å². The molecular weight excluding hydrogens is 240 g/mol. The second kappa shape index (κ2) is 4.57. The zero-order chi connectivity index (χ0) is 14.2. The van der Waals surface area contributed by atoms with Gasteiger partial charge in [0, 0.05) is 5.56 Å². The van der Waals surface area contributed by atoms with Gasteiger partial charge in [0.25, 0.3) is 0 Å². The maximum atomic E-state index is 12.7. The van der Waals surface area contributed by atoms with E-state index in [0.717, 1.165) is 0 Å². The van der Waals surface area contributed by atoms with Gasteiger partial charge in [-0.05, 0) is 31.9 Å². The van der Waals surface area contributed by atoms with Crippen LogP contribution in [0.3, 0.4) is 0 Å². The van der Waals surface area contributed by atoms with Gasteiger partial charge in [0.15, 0.2) is 5.78 Å². The van der Waals surface area contributed by atoms with Gasteiger partial charge in [0.1, 0.15) is 11.5 Å². The molecule has 0 aromatic heterocycles. The van der Waals surface area contributed by atoms with E-state index in [-0.39, 0.29) is 28.8 Å². The normalized spacial score (nSPS) is 25.5. The number of Topliss-reactive ketones (excluding diaryl/α,β-unsaturated/α-hetero) is 1. The van der Waals surface area contributed by atoms with Crippen LogP contribution in [-0.4, -0.2) is 16.0 Å². The smallest absolute Gasteiger partial charge is 0.176 e. The molecule has 3 nitrogen and oxygen atoms in total. The van der Waals surface area contributed by atoms with E-state index >= 15 is 0 Å². The number of hydrogen-bond donors (Lipinski definition) is 2. The monoisotopic (exact) mass is 258 g/mol. The molecule has 1 aromatic rings. The van der Waals surface area contributed by atoms with Crippen LogP contribution < -0.4 is 0 Å². The SMILES string of the molecule is Cc1c(O)ccc(C(=O)C2(C)C=CC=CC2C)c1O. The summed E-state index contributed by atoms with van der Waals surface area (Å²) in [6.45, 7) is 5.42. The maximum Gasteiger partial charge on any atom is 0.176 e. The molecule has 0 saturated heterocycles. The molecule has 3 heteroatoms. The van der Waals surface area contributed by atoms with Gasteiger partial charge in [-0.3, -0.25) is 4.79 Å². The first-order chi connectivity index (χ1) is 8.88. The Morgan fingerprint density at radius 1 is 1.26 bits per heavy atom. The summed E-state index contributed by atoms with van der Waals surface area (Å²) in [5.74, 6) is -0.229. The Labute approximate surface area is 112 Å². The molecular formula is C16H18O3. The standard InChI is InChI=1S/C16H18O3/c1-10-6-4-5-9-16(10,3)15(19)12-7-8-13(17)11(2)14(12)18/h4-10,17-18H,1-3H3. The molecule has 1 aliphatic carbocycles. The van der Waals surface area contributed by atoms with Crippen molar-refractivity contribution in [2.75, 3.05) is 0 Å². The maximum absolute atomic E-state index is 12.7. The predicted molar refractivity (Wildman–Crippen MR) is 74.4 cm³/mol. The highest BCUT2D eigenvalue weighted by molar-refractivity contribution is 6.04. The number of rotatable bonds is 2. The lowest BCUT2D eigenvalue weighted by molar-refractivity contribution is 0.0826. The van der Waals surface area contributed by atoms with Crippen molar-refractivity contribution in [1.82, 2.24) is 0 Å². The fourth-order valence-electron chi connectivity index (χ4n) is 2.28. The van der Waals surface area contributed by atoms with Crippen LogP contribution in [0.2, 0.25) is 0 Å². The summed E-state index contributed by atoms with van der Waals surface area (Å²) in [7, 11) is 0. The largest absolute Gasteiger partial charge is 0.508 e. The average Bonchev–Trinajstić information content (AvgIpc) is 2.39. The second-order valence-corrected chi connectivity index (χ2v) is 5.25. The van der Waals surface area contributed by atoms with Crippen LogP contribution in [-0.2, 0) is 0 Å². The summed E-state index contributed by atoms with van der Waals surface area (Å²) in [5, 5.41) is 19.6. The van der Waals surface area contributed by atoms with Crippen LogP contribution in [0.1, 0.15) is 29.8 Å². The van der Waals surface area contributed by atoms with E-state index in [2.05, 4.69) is 0 Å². The van der Waals surface area contributed by atoms with Crippen molar-refractivity contribution in [2.45, 2.75) is 20.8 Å². The molecule has 0 spiro atoms. The molecule has 0 saturated carbocycles.